The molecule has 172 valence electrons. The molecule has 2 fully saturated rings. The topological polar surface area (TPSA) is 108 Å². The Morgan fingerprint density at radius 3 is 2.27 bits per heavy atom. The molecule has 2 aromatic carbocycles. The lowest BCUT2D eigenvalue weighted by Gasteiger charge is -2.33. The third-order valence-corrected chi connectivity index (χ3v) is 6.48. The van der Waals surface area contributed by atoms with Crippen LogP contribution in [-0.4, -0.2) is 40.7 Å². The molecule has 5 amide bonds. The lowest BCUT2D eigenvalue weighted by molar-refractivity contribution is -0.135. The average Bonchev–Trinajstić information content (AvgIpc) is 3.01. The monoisotopic (exact) mass is 468 g/mol. The summed E-state index contributed by atoms with van der Waals surface area (Å²) >= 11 is 5.87. The summed E-state index contributed by atoms with van der Waals surface area (Å²) in [6.07, 6.45) is 2.87. The normalized spacial score (nSPS) is 22.2. The van der Waals surface area contributed by atoms with Gasteiger partial charge in [0.2, 0.25) is 5.91 Å². The minimum absolute atomic E-state index is 0.348. The van der Waals surface area contributed by atoms with E-state index in [1.807, 2.05) is 0 Å². The van der Waals surface area contributed by atoms with Crippen molar-refractivity contribution in [2.24, 2.45) is 5.92 Å². The Balaban J connectivity index is 1.42. The molecule has 4 rings (SSSR count). The molecule has 1 saturated heterocycles. The number of urea groups is 1. The maximum absolute atomic E-state index is 13.0. The zero-order chi connectivity index (χ0) is 23.6. The van der Waals surface area contributed by atoms with Gasteiger partial charge in [0.05, 0.1) is 11.4 Å². The van der Waals surface area contributed by atoms with Gasteiger partial charge in [-0.2, -0.15) is 0 Å². The van der Waals surface area contributed by atoms with Gasteiger partial charge in [0.25, 0.3) is 11.8 Å². The summed E-state index contributed by atoms with van der Waals surface area (Å²) in [6, 6.07) is 12.6. The number of amides is 5. The number of rotatable bonds is 5. The van der Waals surface area contributed by atoms with Gasteiger partial charge in [0.1, 0.15) is 12.1 Å². The van der Waals surface area contributed by atoms with E-state index in [4.69, 9.17) is 11.6 Å². The quantitative estimate of drug-likeness (QED) is 0.575. The first-order valence-electron chi connectivity index (χ1n) is 10.9. The number of halogens is 1. The van der Waals surface area contributed by atoms with E-state index in [1.54, 1.807) is 48.5 Å². The van der Waals surface area contributed by atoms with Crippen LogP contribution >= 0.6 is 11.6 Å². The number of hydrogen-bond acceptors (Lipinski definition) is 4. The minimum atomic E-state index is -0.895. The summed E-state index contributed by atoms with van der Waals surface area (Å²) < 4.78 is 0. The van der Waals surface area contributed by atoms with Crippen molar-refractivity contribution in [3.8, 4) is 0 Å². The number of imide groups is 1. The van der Waals surface area contributed by atoms with Crippen molar-refractivity contribution >= 4 is 46.7 Å². The van der Waals surface area contributed by atoms with Gasteiger partial charge < -0.3 is 16.0 Å². The van der Waals surface area contributed by atoms with Crippen LogP contribution in [0.1, 0.15) is 43.0 Å². The summed E-state index contributed by atoms with van der Waals surface area (Å²) in [4.78, 5) is 51.7. The molecule has 9 heteroatoms. The highest BCUT2D eigenvalue weighted by Crippen LogP contribution is 2.36. The lowest BCUT2D eigenvalue weighted by Crippen LogP contribution is -2.49. The van der Waals surface area contributed by atoms with Crippen LogP contribution in [0.2, 0.25) is 5.02 Å². The molecule has 2 aromatic rings. The molecule has 0 bridgehead atoms. The second kappa shape index (κ2) is 9.23. The highest BCUT2D eigenvalue weighted by Gasteiger charge is 2.52. The molecule has 0 atom stereocenters. The molecule has 2 aliphatic rings. The smallest absolute Gasteiger partial charge is 0.323 e. The summed E-state index contributed by atoms with van der Waals surface area (Å²) in [7, 11) is 0. The zero-order valence-corrected chi connectivity index (χ0v) is 18.9. The van der Waals surface area contributed by atoms with Crippen LogP contribution in [0.5, 0.6) is 0 Å². The SMILES string of the molecule is CC1CCC2(CC1)NC(=O)N(CC(=O)Nc1ccccc1NC(=O)c1ccc(Cl)cc1)C2=O. The Hall–Kier alpha value is -3.39. The van der Waals surface area contributed by atoms with Gasteiger partial charge in [0, 0.05) is 10.6 Å². The Morgan fingerprint density at radius 2 is 1.64 bits per heavy atom. The maximum Gasteiger partial charge on any atom is 0.325 e. The number of carbonyl (C=O) groups is 4. The van der Waals surface area contributed by atoms with Crippen molar-refractivity contribution in [3.05, 3.63) is 59.1 Å². The van der Waals surface area contributed by atoms with Crippen LogP contribution in [-0.2, 0) is 9.59 Å². The van der Waals surface area contributed by atoms with E-state index < -0.39 is 24.0 Å². The fraction of sp³-hybridized carbons (Fsp3) is 0.333. The number of hydrogen-bond donors (Lipinski definition) is 3. The Kier molecular flexibility index (Phi) is 6.37. The summed E-state index contributed by atoms with van der Waals surface area (Å²) in [5.41, 5.74) is 0.264. The van der Waals surface area contributed by atoms with E-state index in [0.29, 0.717) is 40.7 Å². The second-order valence-electron chi connectivity index (χ2n) is 8.64. The van der Waals surface area contributed by atoms with Crippen molar-refractivity contribution in [1.82, 2.24) is 10.2 Å². The molecule has 3 N–H and O–H groups in total. The van der Waals surface area contributed by atoms with Crippen molar-refractivity contribution < 1.29 is 19.2 Å². The minimum Gasteiger partial charge on any atom is -0.323 e. The Morgan fingerprint density at radius 1 is 1.03 bits per heavy atom. The largest absolute Gasteiger partial charge is 0.325 e. The molecule has 1 heterocycles. The zero-order valence-electron chi connectivity index (χ0n) is 18.2. The first-order chi connectivity index (χ1) is 15.8. The van der Waals surface area contributed by atoms with Crippen LogP contribution in [0.3, 0.4) is 0 Å². The number of nitrogens with one attached hydrogen (secondary N) is 3. The van der Waals surface area contributed by atoms with Gasteiger partial charge in [-0.15, -0.1) is 0 Å². The molecular weight excluding hydrogens is 444 g/mol. The van der Waals surface area contributed by atoms with Crippen LogP contribution in [0.4, 0.5) is 16.2 Å². The third kappa shape index (κ3) is 4.85. The average molecular weight is 469 g/mol. The molecule has 1 saturated carbocycles. The second-order valence-corrected chi connectivity index (χ2v) is 9.08. The standard InChI is InChI=1S/C24H25ClN4O4/c1-15-10-12-24(13-11-15)22(32)29(23(33)28-24)14-20(30)26-18-4-2-3-5-19(18)27-21(31)16-6-8-17(25)9-7-16/h2-9,15H,10-14H2,1H3,(H,26,30)(H,27,31)(H,28,33). The van der Waals surface area contributed by atoms with Crippen molar-refractivity contribution in [1.29, 1.82) is 0 Å². The van der Waals surface area contributed by atoms with E-state index in [-0.39, 0.29) is 11.8 Å². The van der Waals surface area contributed by atoms with Crippen LogP contribution in [0.15, 0.2) is 48.5 Å². The summed E-state index contributed by atoms with van der Waals surface area (Å²) in [5, 5.41) is 8.78. The number of nitrogens with zero attached hydrogens (tertiary/aromatic N) is 1. The molecular formula is C24H25ClN4O4. The third-order valence-electron chi connectivity index (χ3n) is 6.23. The predicted octanol–water partition coefficient (Wildman–Crippen LogP) is 4.03. The van der Waals surface area contributed by atoms with Crippen molar-refractivity contribution in [2.45, 2.75) is 38.1 Å². The molecule has 0 aromatic heterocycles. The molecule has 8 nitrogen and oxygen atoms in total. The molecule has 1 spiro atoms. The number of para-hydroxylation sites is 2. The molecule has 0 unspecified atom stereocenters. The fourth-order valence-electron chi connectivity index (χ4n) is 4.24. The molecule has 0 radical (unpaired) electrons. The van der Waals surface area contributed by atoms with Crippen molar-refractivity contribution in [2.75, 3.05) is 17.2 Å². The predicted molar refractivity (Wildman–Crippen MR) is 125 cm³/mol. The first kappa shape index (κ1) is 22.8. The Bertz CT molecular complexity index is 1090. The van der Waals surface area contributed by atoms with E-state index in [1.165, 1.54) is 0 Å². The Labute approximate surface area is 196 Å². The van der Waals surface area contributed by atoms with Crippen LogP contribution < -0.4 is 16.0 Å². The summed E-state index contributed by atoms with van der Waals surface area (Å²) in [5.74, 6) is -0.736. The fourth-order valence-corrected chi connectivity index (χ4v) is 4.37. The molecule has 1 aliphatic heterocycles. The number of carbonyl (C=O) groups excluding carboxylic acids is 4. The number of benzene rings is 2. The van der Waals surface area contributed by atoms with E-state index in [0.717, 1.165) is 17.7 Å². The molecule has 33 heavy (non-hydrogen) atoms. The van der Waals surface area contributed by atoms with E-state index >= 15 is 0 Å². The molecule has 1 aliphatic carbocycles. The highest BCUT2D eigenvalue weighted by molar-refractivity contribution is 6.30. The van der Waals surface area contributed by atoms with E-state index in [2.05, 4.69) is 22.9 Å². The van der Waals surface area contributed by atoms with Gasteiger partial charge >= 0.3 is 6.03 Å². The van der Waals surface area contributed by atoms with Gasteiger partial charge in [-0.3, -0.25) is 19.3 Å². The highest BCUT2D eigenvalue weighted by atomic mass is 35.5. The lowest BCUT2D eigenvalue weighted by atomic mass is 9.77. The van der Waals surface area contributed by atoms with Gasteiger partial charge in [0.15, 0.2) is 0 Å². The van der Waals surface area contributed by atoms with Gasteiger partial charge in [-0.05, 0) is 68.0 Å². The van der Waals surface area contributed by atoms with Crippen molar-refractivity contribution in [3.63, 3.8) is 0 Å². The maximum atomic E-state index is 13.0. The van der Waals surface area contributed by atoms with E-state index in [9.17, 15) is 19.2 Å². The summed E-state index contributed by atoms with van der Waals surface area (Å²) in [6.45, 7) is 1.73. The van der Waals surface area contributed by atoms with Gasteiger partial charge in [-0.25, -0.2) is 4.79 Å². The first-order valence-corrected chi connectivity index (χ1v) is 11.3. The van der Waals surface area contributed by atoms with Crippen LogP contribution in [0.25, 0.3) is 0 Å². The number of anilines is 2. The van der Waals surface area contributed by atoms with Crippen LogP contribution in [0, 0.1) is 5.92 Å². The van der Waals surface area contributed by atoms with Gasteiger partial charge in [-0.1, -0.05) is 30.7 Å².